The van der Waals surface area contributed by atoms with Gasteiger partial charge in [0.1, 0.15) is 0 Å². The minimum absolute atomic E-state index is 0.846. The highest BCUT2D eigenvalue weighted by Gasteiger charge is 1.91. The zero-order chi connectivity index (χ0) is 6.57. The Bertz CT molecular complexity index is 44.3. The Morgan fingerprint density at radius 3 is 2.25 bits per heavy atom. The van der Waals surface area contributed by atoms with E-state index in [0.717, 1.165) is 14.5 Å². The van der Waals surface area contributed by atoms with E-state index in [0.29, 0.717) is 0 Å². The maximum Gasteiger partial charge on any atom is -0.0676 e. The number of hydrogen-bond acceptors (Lipinski definition) is 0. The van der Waals surface area contributed by atoms with Crippen molar-refractivity contribution in [2.45, 2.75) is 27.2 Å². The van der Waals surface area contributed by atoms with Gasteiger partial charge in [-0.05, 0) is 0 Å². The molecule has 0 nitrogen and oxygen atoms in total. The molecule has 0 aromatic rings. The maximum atomic E-state index is 2.30. The van der Waals surface area contributed by atoms with E-state index in [9.17, 15) is 0 Å². The minimum Gasteiger partial charge on any atom is -0.291 e. The van der Waals surface area contributed by atoms with E-state index in [1.165, 1.54) is 6.42 Å². The average molecular weight is 131 g/mol. The summed E-state index contributed by atoms with van der Waals surface area (Å²) in [5.41, 5.74) is 1.66. The Morgan fingerprint density at radius 1 is 1.62 bits per heavy atom. The lowest BCUT2D eigenvalue weighted by Gasteiger charge is -2.30. The van der Waals surface area contributed by atoms with Gasteiger partial charge in [0.2, 0.25) is 0 Å². The van der Waals surface area contributed by atoms with Crippen LogP contribution in [0.15, 0.2) is 0 Å². The molecule has 50 valence electrons. The molecule has 0 aromatic heterocycles. The zero-order valence-corrected chi connectivity index (χ0v) is 7.28. The van der Waals surface area contributed by atoms with Crippen molar-refractivity contribution in [3.05, 3.63) is 5.66 Å². The molecule has 0 fully saturated rings. The predicted molar refractivity (Wildman–Crippen MR) is 42.6 cm³/mol. The molecule has 8 heavy (non-hydrogen) atoms. The molecule has 0 saturated carbocycles. The van der Waals surface area contributed by atoms with Gasteiger partial charge in [0.15, 0.2) is 0 Å². The molecular weight excluding hydrogens is 115 g/mol. The van der Waals surface area contributed by atoms with Gasteiger partial charge in [-0.2, -0.15) is 12.8 Å². The van der Waals surface area contributed by atoms with Gasteiger partial charge in [-0.3, -0.25) is 14.2 Å². The van der Waals surface area contributed by atoms with E-state index >= 15 is 0 Å². The third kappa shape index (κ3) is 2.67. The third-order valence-electron chi connectivity index (χ3n) is 1.75. The molecule has 0 spiro atoms. The standard InChI is InChI=1S/C7H16P/c1-5-6(2)7(3)8-4/h6,8H,5H2,1-4H3/q-1. The van der Waals surface area contributed by atoms with Crippen LogP contribution in [0.4, 0.5) is 0 Å². The van der Waals surface area contributed by atoms with E-state index in [1.54, 1.807) is 5.66 Å². The predicted octanol–water partition coefficient (Wildman–Crippen LogP) is 2.89. The summed E-state index contributed by atoms with van der Waals surface area (Å²) >= 11 is 0. The molecule has 0 rings (SSSR count). The average Bonchev–Trinajstić information content (AvgIpc) is 1.84. The summed E-state index contributed by atoms with van der Waals surface area (Å²) in [7, 11) is 1.04. The van der Waals surface area contributed by atoms with Crippen LogP contribution in [0.1, 0.15) is 27.2 Å². The second-order valence-electron chi connectivity index (χ2n) is 2.24. The summed E-state index contributed by atoms with van der Waals surface area (Å²) in [5, 5.41) is 0. The Hall–Kier alpha value is 0.430. The Balaban J connectivity index is 3.29. The molecular formula is C7H16P-. The van der Waals surface area contributed by atoms with Crippen LogP contribution in [0, 0.1) is 11.6 Å². The molecule has 1 heteroatoms. The molecule has 0 saturated heterocycles. The van der Waals surface area contributed by atoms with Gasteiger partial charge in [-0.1, -0.05) is 26.9 Å². The molecule has 2 atom stereocenters. The topological polar surface area (TPSA) is 0 Å². The maximum absolute atomic E-state index is 2.30. The van der Waals surface area contributed by atoms with E-state index < -0.39 is 0 Å². The smallest absolute Gasteiger partial charge is 0.0676 e. The second kappa shape index (κ2) is 4.32. The summed E-state index contributed by atoms with van der Waals surface area (Å²) in [6.45, 7) is 9.05. The lowest BCUT2D eigenvalue weighted by Crippen LogP contribution is -1.97. The van der Waals surface area contributed by atoms with Crippen LogP contribution in [-0.4, -0.2) is 6.66 Å². The normalized spacial score (nSPS) is 16.1. The van der Waals surface area contributed by atoms with E-state index in [-0.39, 0.29) is 0 Å². The molecule has 0 N–H and O–H groups in total. The van der Waals surface area contributed by atoms with Crippen LogP contribution < -0.4 is 0 Å². The Labute approximate surface area is 54.8 Å². The highest BCUT2D eigenvalue weighted by Crippen LogP contribution is 2.31. The SMILES string of the molecule is CCC(C)[C-](C)PC. The summed E-state index contributed by atoms with van der Waals surface area (Å²) in [6.07, 6.45) is 1.30. The summed E-state index contributed by atoms with van der Waals surface area (Å²) < 4.78 is 0. The second-order valence-corrected chi connectivity index (χ2v) is 3.53. The van der Waals surface area contributed by atoms with Gasteiger partial charge in [0.05, 0.1) is 0 Å². The van der Waals surface area contributed by atoms with E-state index in [1.807, 2.05) is 0 Å². The van der Waals surface area contributed by atoms with Gasteiger partial charge in [-0.15, -0.1) is 0 Å². The van der Waals surface area contributed by atoms with Crippen molar-refractivity contribution in [3.8, 4) is 0 Å². The van der Waals surface area contributed by atoms with Crippen molar-refractivity contribution in [1.29, 1.82) is 0 Å². The first kappa shape index (κ1) is 8.43. The lowest BCUT2D eigenvalue weighted by atomic mass is 10.1. The van der Waals surface area contributed by atoms with E-state index in [2.05, 4.69) is 27.4 Å². The van der Waals surface area contributed by atoms with Crippen molar-refractivity contribution in [2.75, 3.05) is 6.66 Å². The van der Waals surface area contributed by atoms with Gasteiger partial charge >= 0.3 is 0 Å². The van der Waals surface area contributed by atoms with Crippen LogP contribution in [0.5, 0.6) is 0 Å². The summed E-state index contributed by atoms with van der Waals surface area (Å²) in [6, 6.07) is 0. The number of rotatable bonds is 3. The van der Waals surface area contributed by atoms with Crippen LogP contribution in [0.2, 0.25) is 0 Å². The number of hydrogen-bond donors (Lipinski definition) is 0. The van der Waals surface area contributed by atoms with Crippen molar-refractivity contribution >= 4 is 8.58 Å². The Kier molecular flexibility index (Phi) is 4.56. The van der Waals surface area contributed by atoms with E-state index in [4.69, 9.17) is 0 Å². The first-order valence-corrected chi connectivity index (χ1v) is 4.73. The van der Waals surface area contributed by atoms with Gasteiger partial charge in [0.25, 0.3) is 0 Å². The summed E-state index contributed by atoms with van der Waals surface area (Å²) in [5.74, 6) is 0.846. The van der Waals surface area contributed by atoms with Gasteiger partial charge < -0.3 is 0 Å². The fraction of sp³-hybridized carbons (Fsp3) is 0.857. The molecule has 0 radical (unpaired) electrons. The zero-order valence-electron chi connectivity index (χ0n) is 6.28. The largest absolute Gasteiger partial charge is 0.291 e. The van der Waals surface area contributed by atoms with Gasteiger partial charge in [0, 0.05) is 0 Å². The van der Waals surface area contributed by atoms with Crippen molar-refractivity contribution < 1.29 is 0 Å². The highest BCUT2D eigenvalue weighted by molar-refractivity contribution is 7.40. The fourth-order valence-corrected chi connectivity index (χ4v) is 1.25. The van der Waals surface area contributed by atoms with Crippen LogP contribution in [-0.2, 0) is 0 Å². The third-order valence-corrected chi connectivity index (χ3v) is 3.03. The molecule has 0 aliphatic rings. The summed E-state index contributed by atoms with van der Waals surface area (Å²) in [4.78, 5) is 0. The van der Waals surface area contributed by atoms with Crippen LogP contribution >= 0.6 is 8.58 Å². The molecule has 2 unspecified atom stereocenters. The molecule has 0 aliphatic carbocycles. The van der Waals surface area contributed by atoms with Crippen molar-refractivity contribution in [3.63, 3.8) is 0 Å². The fourth-order valence-electron chi connectivity index (χ4n) is 0.553. The Morgan fingerprint density at radius 2 is 2.12 bits per heavy atom. The van der Waals surface area contributed by atoms with Crippen molar-refractivity contribution in [2.24, 2.45) is 5.92 Å². The first-order chi connectivity index (χ1) is 3.72. The van der Waals surface area contributed by atoms with Gasteiger partial charge in [-0.25, -0.2) is 0 Å². The first-order valence-electron chi connectivity index (χ1n) is 3.23. The quantitative estimate of drug-likeness (QED) is 0.408. The molecule has 0 aromatic carbocycles. The molecule has 0 heterocycles. The van der Waals surface area contributed by atoms with Crippen LogP contribution in [0.25, 0.3) is 0 Å². The van der Waals surface area contributed by atoms with Crippen molar-refractivity contribution in [1.82, 2.24) is 0 Å². The lowest BCUT2D eigenvalue weighted by molar-refractivity contribution is 0.630. The minimum atomic E-state index is 0.846. The molecule has 0 amide bonds. The van der Waals surface area contributed by atoms with Crippen LogP contribution in [0.3, 0.4) is 0 Å². The monoisotopic (exact) mass is 131 g/mol. The highest BCUT2D eigenvalue weighted by atomic mass is 31.1. The molecule has 0 bridgehead atoms. The molecule has 0 aliphatic heterocycles.